The van der Waals surface area contributed by atoms with Gasteiger partial charge in [-0.25, -0.2) is 4.39 Å². The van der Waals surface area contributed by atoms with E-state index in [-0.39, 0.29) is 18.3 Å². The highest BCUT2D eigenvalue weighted by Gasteiger charge is 2.12. The third kappa shape index (κ3) is 5.33. The highest BCUT2D eigenvalue weighted by atomic mass is 19.1. The van der Waals surface area contributed by atoms with Crippen LogP contribution in [0.3, 0.4) is 0 Å². The molecule has 0 aromatic heterocycles. The van der Waals surface area contributed by atoms with Gasteiger partial charge in [0.05, 0.1) is 12.7 Å². The number of nitrogens with one attached hydrogen (secondary N) is 1. The zero-order chi connectivity index (χ0) is 19.8. The number of carbonyl (C=O) groups is 1. The van der Waals surface area contributed by atoms with Gasteiger partial charge in [0.15, 0.2) is 0 Å². The number of rotatable bonds is 8. The molecule has 28 heavy (non-hydrogen) atoms. The molecule has 0 aliphatic heterocycles. The fourth-order valence-corrected chi connectivity index (χ4v) is 2.73. The minimum atomic E-state index is -0.291. The van der Waals surface area contributed by atoms with E-state index in [4.69, 9.17) is 9.47 Å². The molecule has 0 atom stereocenters. The van der Waals surface area contributed by atoms with E-state index in [9.17, 15) is 9.18 Å². The molecule has 3 rings (SSSR count). The van der Waals surface area contributed by atoms with E-state index in [2.05, 4.69) is 5.32 Å². The first kappa shape index (κ1) is 19.4. The number of hydrogen-bond donors (Lipinski definition) is 1. The second kappa shape index (κ2) is 9.55. The van der Waals surface area contributed by atoms with Crippen molar-refractivity contribution in [1.29, 1.82) is 0 Å². The lowest BCUT2D eigenvalue weighted by Crippen LogP contribution is -2.26. The van der Waals surface area contributed by atoms with Gasteiger partial charge in [-0.15, -0.1) is 0 Å². The smallest absolute Gasteiger partial charge is 0.255 e. The molecule has 0 unspecified atom stereocenters. The van der Waals surface area contributed by atoms with Crippen LogP contribution in [-0.4, -0.2) is 19.6 Å². The van der Waals surface area contributed by atoms with Gasteiger partial charge in [-0.3, -0.25) is 4.79 Å². The van der Waals surface area contributed by atoms with Crippen LogP contribution < -0.4 is 14.8 Å². The molecule has 0 saturated carbocycles. The summed E-state index contributed by atoms with van der Waals surface area (Å²) in [6.07, 6.45) is 0.717. The van der Waals surface area contributed by atoms with E-state index in [1.807, 2.05) is 30.3 Å². The summed E-state index contributed by atoms with van der Waals surface area (Å²) in [4.78, 5) is 12.6. The Labute approximate surface area is 163 Å². The molecule has 0 heterocycles. The second-order valence-electron chi connectivity index (χ2n) is 6.27. The average Bonchev–Trinajstić information content (AvgIpc) is 2.74. The van der Waals surface area contributed by atoms with Gasteiger partial charge in [0.1, 0.15) is 23.9 Å². The van der Waals surface area contributed by atoms with Crippen molar-refractivity contribution in [1.82, 2.24) is 5.32 Å². The molecule has 0 spiro atoms. The van der Waals surface area contributed by atoms with Gasteiger partial charge in [-0.05, 0) is 53.9 Å². The molecular formula is C23H22FNO3. The van der Waals surface area contributed by atoms with Gasteiger partial charge in [-0.1, -0.05) is 36.4 Å². The lowest BCUT2D eigenvalue weighted by atomic mass is 10.1. The molecule has 1 N–H and O–H groups in total. The van der Waals surface area contributed by atoms with Gasteiger partial charge >= 0.3 is 0 Å². The molecule has 0 fully saturated rings. The van der Waals surface area contributed by atoms with Gasteiger partial charge < -0.3 is 14.8 Å². The average molecular weight is 379 g/mol. The summed E-state index contributed by atoms with van der Waals surface area (Å²) in [5.74, 6) is 0.817. The first-order chi connectivity index (χ1) is 13.7. The second-order valence-corrected chi connectivity index (χ2v) is 6.27. The van der Waals surface area contributed by atoms with Crippen molar-refractivity contribution < 1.29 is 18.7 Å². The number of carbonyl (C=O) groups excluding carboxylic acids is 1. The third-order valence-corrected chi connectivity index (χ3v) is 4.30. The monoisotopic (exact) mass is 379 g/mol. The maximum atomic E-state index is 13.0. The van der Waals surface area contributed by atoms with Crippen molar-refractivity contribution in [2.24, 2.45) is 0 Å². The zero-order valence-corrected chi connectivity index (χ0v) is 15.7. The van der Waals surface area contributed by atoms with Crippen molar-refractivity contribution in [2.45, 2.75) is 13.0 Å². The van der Waals surface area contributed by atoms with Crippen LogP contribution in [0.1, 0.15) is 21.5 Å². The number of hydrogen-bond acceptors (Lipinski definition) is 3. The van der Waals surface area contributed by atoms with Crippen LogP contribution in [0, 0.1) is 5.82 Å². The molecule has 0 aliphatic rings. The molecule has 3 aromatic rings. The Hall–Kier alpha value is -3.34. The summed E-state index contributed by atoms with van der Waals surface area (Å²) in [5.41, 5.74) is 2.41. The summed E-state index contributed by atoms with van der Waals surface area (Å²) in [6.45, 7) is 0.772. The van der Waals surface area contributed by atoms with Crippen LogP contribution in [-0.2, 0) is 13.0 Å². The molecular weight excluding hydrogens is 357 g/mol. The molecule has 0 aliphatic carbocycles. The normalized spacial score (nSPS) is 10.4. The van der Waals surface area contributed by atoms with Gasteiger partial charge in [0.25, 0.3) is 5.91 Å². The van der Waals surface area contributed by atoms with E-state index < -0.39 is 0 Å². The molecule has 3 aromatic carbocycles. The highest BCUT2D eigenvalue weighted by molar-refractivity contribution is 5.96. The topological polar surface area (TPSA) is 47.6 Å². The van der Waals surface area contributed by atoms with E-state index in [0.29, 0.717) is 24.3 Å². The lowest BCUT2D eigenvalue weighted by molar-refractivity contribution is 0.0949. The quantitative estimate of drug-likeness (QED) is 0.632. The van der Waals surface area contributed by atoms with Crippen molar-refractivity contribution >= 4 is 5.91 Å². The minimum Gasteiger partial charge on any atom is -0.497 e. The predicted octanol–water partition coefficient (Wildman–Crippen LogP) is 4.39. The van der Waals surface area contributed by atoms with Crippen LogP contribution in [0.5, 0.6) is 11.5 Å². The van der Waals surface area contributed by atoms with Gasteiger partial charge in [-0.2, -0.15) is 0 Å². The Kier molecular flexibility index (Phi) is 6.63. The fourth-order valence-electron chi connectivity index (χ4n) is 2.73. The lowest BCUT2D eigenvalue weighted by Gasteiger charge is -2.12. The number of ether oxygens (including phenoxy) is 2. The Bertz CT molecular complexity index is 908. The summed E-state index contributed by atoms with van der Waals surface area (Å²) in [5, 5.41) is 2.92. The largest absolute Gasteiger partial charge is 0.497 e. The molecule has 1 amide bonds. The molecule has 0 saturated heterocycles. The third-order valence-electron chi connectivity index (χ3n) is 4.30. The maximum absolute atomic E-state index is 13.0. The molecule has 144 valence electrons. The maximum Gasteiger partial charge on any atom is 0.255 e. The number of benzene rings is 3. The Morgan fingerprint density at radius 3 is 2.32 bits per heavy atom. The molecule has 5 heteroatoms. The summed E-state index contributed by atoms with van der Waals surface area (Å²) >= 11 is 0. The van der Waals surface area contributed by atoms with Crippen molar-refractivity contribution in [2.75, 3.05) is 13.7 Å². The number of methoxy groups -OCH3 is 1. The van der Waals surface area contributed by atoms with Gasteiger partial charge in [0, 0.05) is 6.54 Å². The van der Waals surface area contributed by atoms with E-state index in [1.54, 1.807) is 37.4 Å². The predicted molar refractivity (Wildman–Crippen MR) is 106 cm³/mol. The molecule has 0 bridgehead atoms. The van der Waals surface area contributed by atoms with Crippen LogP contribution in [0.15, 0.2) is 72.8 Å². The SMILES string of the molecule is COc1ccc(CCNC(=O)c2ccccc2OCc2ccc(F)cc2)cc1. The highest BCUT2D eigenvalue weighted by Crippen LogP contribution is 2.19. The van der Waals surface area contributed by atoms with E-state index in [0.717, 1.165) is 16.9 Å². The van der Waals surface area contributed by atoms with Crippen molar-refractivity contribution in [3.8, 4) is 11.5 Å². The first-order valence-electron chi connectivity index (χ1n) is 9.03. The first-order valence-corrected chi connectivity index (χ1v) is 9.03. The van der Waals surface area contributed by atoms with Crippen molar-refractivity contribution in [3.05, 3.63) is 95.3 Å². The fraction of sp³-hybridized carbons (Fsp3) is 0.174. The van der Waals surface area contributed by atoms with Crippen molar-refractivity contribution in [3.63, 3.8) is 0 Å². The zero-order valence-electron chi connectivity index (χ0n) is 15.7. The van der Waals surface area contributed by atoms with E-state index >= 15 is 0 Å². The number of amides is 1. The van der Waals surface area contributed by atoms with Crippen LogP contribution >= 0.6 is 0 Å². The summed E-state index contributed by atoms with van der Waals surface area (Å²) < 4.78 is 23.9. The molecule has 4 nitrogen and oxygen atoms in total. The number of para-hydroxylation sites is 1. The van der Waals surface area contributed by atoms with Crippen LogP contribution in [0.4, 0.5) is 4.39 Å². The van der Waals surface area contributed by atoms with Crippen LogP contribution in [0.25, 0.3) is 0 Å². The van der Waals surface area contributed by atoms with E-state index in [1.165, 1.54) is 12.1 Å². The number of halogens is 1. The summed E-state index contributed by atoms with van der Waals surface area (Å²) in [7, 11) is 1.63. The Morgan fingerprint density at radius 2 is 1.61 bits per heavy atom. The van der Waals surface area contributed by atoms with Crippen LogP contribution in [0.2, 0.25) is 0 Å². The van der Waals surface area contributed by atoms with Gasteiger partial charge in [0.2, 0.25) is 0 Å². The molecule has 0 radical (unpaired) electrons. The standard InChI is InChI=1S/C23H22FNO3/c1-27-20-12-8-17(9-13-20)14-15-25-23(26)21-4-2-3-5-22(21)28-16-18-6-10-19(24)11-7-18/h2-13H,14-16H2,1H3,(H,25,26). The Balaban J connectivity index is 1.56. The Morgan fingerprint density at radius 1 is 0.929 bits per heavy atom. The minimum absolute atomic E-state index is 0.191. The summed E-state index contributed by atoms with van der Waals surface area (Å²) in [6, 6.07) is 20.9.